The standard InChI is InChI=1S/C52H63N11O7/c1-31-28-58(33-13-16-57(17-14-33)34-7-9-37-38(23-34)49(68)63(48(37)67)41-10-12-46(65)55-47(41)66)18-19-59(31)35-8-11-45(53-27-35)54-39-24-36(29-56(4)50(39)69)60-15-5-6-40(44(60)30-64)62-21-20-61-42(51(62)70)22-32-25-52(2,3)26-43(32)61/h7-9,11,22-24,27,29,31,33,40-41,44,64H,5-6,10,12-21,25-26,28,30H2,1-4H3,(H,53,54)(H,55,65,66)/t31-,40?,41?,44?/m0/s1. The monoisotopic (exact) mass is 953 g/mol. The van der Waals surface area contributed by atoms with Crippen LogP contribution in [-0.2, 0) is 36.0 Å². The van der Waals surface area contributed by atoms with Crippen molar-refractivity contribution >= 4 is 58.1 Å². The molecule has 70 heavy (non-hydrogen) atoms. The number of carbonyl (C=O) groups is 5. The summed E-state index contributed by atoms with van der Waals surface area (Å²) in [5.41, 5.74) is 7.01. The predicted molar refractivity (Wildman–Crippen MR) is 264 cm³/mol. The molecule has 6 aliphatic heterocycles. The number of pyridine rings is 2. The summed E-state index contributed by atoms with van der Waals surface area (Å²) in [4.78, 5) is 95.7. The minimum atomic E-state index is -0.988. The third-order valence-corrected chi connectivity index (χ3v) is 16.3. The first-order chi connectivity index (χ1) is 33.7. The van der Waals surface area contributed by atoms with Gasteiger partial charge >= 0.3 is 0 Å². The molecule has 7 aliphatic rings. The van der Waals surface area contributed by atoms with Gasteiger partial charge in [-0.05, 0) is 105 Å². The van der Waals surface area contributed by atoms with Gasteiger partial charge in [0.05, 0.1) is 47.4 Å². The van der Waals surface area contributed by atoms with Crippen LogP contribution in [0.3, 0.4) is 0 Å². The van der Waals surface area contributed by atoms with E-state index in [4.69, 9.17) is 4.98 Å². The number of nitrogens with one attached hydrogen (secondary N) is 2. The van der Waals surface area contributed by atoms with Gasteiger partial charge in [0.25, 0.3) is 23.3 Å². The van der Waals surface area contributed by atoms with Crippen molar-refractivity contribution < 1.29 is 29.1 Å². The molecule has 0 bridgehead atoms. The molecule has 3 unspecified atom stereocenters. The molecule has 368 valence electrons. The van der Waals surface area contributed by atoms with Crippen LogP contribution < -0.4 is 30.9 Å². The van der Waals surface area contributed by atoms with Gasteiger partial charge in [-0.15, -0.1) is 0 Å². The van der Waals surface area contributed by atoms with Crippen molar-refractivity contribution in [1.29, 1.82) is 0 Å². The van der Waals surface area contributed by atoms with E-state index in [2.05, 4.69) is 61.6 Å². The molecule has 0 radical (unpaired) electrons. The summed E-state index contributed by atoms with van der Waals surface area (Å²) in [6, 6.07) is 12.4. The Kier molecular flexibility index (Phi) is 11.6. The average molecular weight is 954 g/mol. The number of benzene rings is 1. The molecule has 4 saturated heterocycles. The number of rotatable bonds is 9. The van der Waals surface area contributed by atoms with Crippen molar-refractivity contribution in [1.82, 2.24) is 34.1 Å². The third-order valence-electron chi connectivity index (χ3n) is 16.3. The first kappa shape index (κ1) is 45.9. The Balaban J connectivity index is 0.700. The molecule has 1 aliphatic carbocycles. The van der Waals surface area contributed by atoms with Gasteiger partial charge in [0.2, 0.25) is 11.8 Å². The molecule has 18 heteroatoms. The number of piperazine rings is 1. The van der Waals surface area contributed by atoms with Crippen molar-refractivity contribution in [2.45, 2.75) is 109 Å². The summed E-state index contributed by atoms with van der Waals surface area (Å²) in [6.45, 7) is 13.0. The average Bonchev–Trinajstić information content (AvgIpc) is 3.94. The maximum Gasteiger partial charge on any atom is 0.274 e. The molecule has 4 fully saturated rings. The number of imide groups is 2. The number of hydrogen-bond acceptors (Lipinski definition) is 13. The molecule has 4 aromatic rings. The van der Waals surface area contributed by atoms with E-state index < -0.39 is 29.7 Å². The lowest BCUT2D eigenvalue weighted by Gasteiger charge is -2.47. The molecule has 11 rings (SSSR count). The van der Waals surface area contributed by atoms with Crippen molar-refractivity contribution in [3.8, 4) is 0 Å². The van der Waals surface area contributed by atoms with Crippen LogP contribution in [0.5, 0.6) is 0 Å². The quantitative estimate of drug-likeness (QED) is 0.207. The number of aliphatic hydroxyl groups excluding tert-OH is 1. The summed E-state index contributed by atoms with van der Waals surface area (Å²) < 4.78 is 3.80. The van der Waals surface area contributed by atoms with Crippen LogP contribution in [0.1, 0.15) is 102 Å². The fraction of sp³-hybridized carbons (Fsp3) is 0.519. The maximum atomic E-state index is 14.1. The lowest BCUT2D eigenvalue weighted by atomic mass is 9.90. The van der Waals surface area contributed by atoms with Gasteiger partial charge in [-0.3, -0.25) is 43.9 Å². The lowest BCUT2D eigenvalue weighted by molar-refractivity contribution is -0.136. The van der Waals surface area contributed by atoms with Gasteiger partial charge in [-0.25, -0.2) is 4.98 Å². The molecule has 5 amide bonds. The number of piperidine rings is 3. The lowest BCUT2D eigenvalue weighted by Crippen LogP contribution is -2.60. The van der Waals surface area contributed by atoms with Crippen LogP contribution in [0.15, 0.2) is 59.7 Å². The van der Waals surface area contributed by atoms with E-state index in [0.29, 0.717) is 36.2 Å². The zero-order valence-electron chi connectivity index (χ0n) is 40.5. The van der Waals surface area contributed by atoms with Gasteiger partial charge < -0.3 is 39.2 Å². The summed E-state index contributed by atoms with van der Waals surface area (Å²) in [5, 5.41) is 16.5. The first-order valence-electron chi connectivity index (χ1n) is 25.1. The number of hydrogen-bond donors (Lipinski definition) is 3. The SMILES string of the molecule is C[C@H]1CN(C2CCN(c3ccc4c(c3)C(=O)N(C3CCC(=O)NC3=O)C4=O)CC2)CCN1c1ccc(Nc2cc(N3CCCC(N4CCn5c(cc6c5CC(C)(C)C6)C4=O)C3CO)cn(C)c2=O)nc1. The van der Waals surface area contributed by atoms with Crippen molar-refractivity contribution in [3.05, 3.63) is 93.3 Å². The molecule has 3 aromatic heterocycles. The van der Waals surface area contributed by atoms with E-state index in [9.17, 15) is 33.9 Å². The summed E-state index contributed by atoms with van der Waals surface area (Å²) in [7, 11) is 1.73. The molecular formula is C52H63N11O7. The van der Waals surface area contributed by atoms with Crippen LogP contribution in [0.25, 0.3) is 0 Å². The number of anilines is 5. The van der Waals surface area contributed by atoms with Crippen molar-refractivity contribution in [2.24, 2.45) is 12.5 Å². The zero-order valence-corrected chi connectivity index (χ0v) is 40.5. The Hall–Kier alpha value is -6.53. The van der Waals surface area contributed by atoms with Gasteiger partial charge in [0, 0.05) is 95.5 Å². The highest BCUT2D eigenvalue weighted by Gasteiger charge is 2.46. The molecule has 0 saturated carbocycles. The Labute approximate surface area is 407 Å². The van der Waals surface area contributed by atoms with E-state index in [-0.39, 0.29) is 60.0 Å². The van der Waals surface area contributed by atoms with Crippen LogP contribution in [0.4, 0.5) is 28.6 Å². The topological polar surface area (TPSA) is 189 Å². The van der Waals surface area contributed by atoms with E-state index in [1.54, 1.807) is 23.7 Å². The highest BCUT2D eigenvalue weighted by molar-refractivity contribution is 6.23. The van der Waals surface area contributed by atoms with E-state index in [0.717, 1.165) is 105 Å². The molecular weight excluding hydrogens is 891 g/mol. The second kappa shape index (κ2) is 17.7. The Morgan fingerprint density at radius 2 is 1.56 bits per heavy atom. The predicted octanol–water partition coefficient (Wildman–Crippen LogP) is 3.52. The summed E-state index contributed by atoms with van der Waals surface area (Å²) in [5.74, 6) is -1.42. The highest BCUT2D eigenvalue weighted by atomic mass is 16.3. The van der Waals surface area contributed by atoms with Gasteiger partial charge in [0.15, 0.2) is 0 Å². The number of aliphatic hydroxyl groups is 1. The number of amides is 5. The van der Waals surface area contributed by atoms with Crippen molar-refractivity contribution in [2.75, 3.05) is 72.4 Å². The second-order valence-electron chi connectivity index (χ2n) is 21.3. The Bertz CT molecular complexity index is 2850. The largest absolute Gasteiger partial charge is 0.394 e. The van der Waals surface area contributed by atoms with Crippen LogP contribution in [0.2, 0.25) is 0 Å². The fourth-order valence-corrected chi connectivity index (χ4v) is 12.7. The molecule has 1 aromatic carbocycles. The highest BCUT2D eigenvalue weighted by Crippen LogP contribution is 2.40. The van der Waals surface area contributed by atoms with Crippen LogP contribution in [0, 0.1) is 5.41 Å². The number of carbonyl (C=O) groups excluding carboxylic acids is 5. The molecule has 3 N–H and O–H groups in total. The van der Waals surface area contributed by atoms with E-state index in [1.165, 1.54) is 11.3 Å². The normalized spacial score (nSPS) is 25.1. The second-order valence-corrected chi connectivity index (χ2v) is 21.3. The summed E-state index contributed by atoms with van der Waals surface area (Å²) in [6.07, 6.45) is 9.39. The minimum Gasteiger partial charge on any atom is -0.394 e. The fourth-order valence-electron chi connectivity index (χ4n) is 12.7. The number of aromatic nitrogens is 3. The summed E-state index contributed by atoms with van der Waals surface area (Å²) >= 11 is 0. The van der Waals surface area contributed by atoms with Gasteiger partial charge in [0.1, 0.15) is 23.2 Å². The zero-order chi connectivity index (χ0) is 48.7. The van der Waals surface area contributed by atoms with Crippen LogP contribution >= 0.6 is 0 Å². The molecule has 0 spiro atoms. The molecule has 9 heterocycles. The van der Waals surface area contributed by atoms with Crippen LogP contribution in [-0.4, -0.2) is 146 Å². The van der Waals surface area contributed by atoms with E-state index in [1.807, 2.05) is 41.6 Å². The molecule has 4 atom stereocenters. The van der Waals surface area contributed by atoms with Gasteiger partial charge in [-0.2, -0.15) is 0 Å². The van der Waals surface area contributed by atoms with Crippen molar-refractivity contribution in [3.63, 3.8) is 0 Å². The Morgan fingerprint density at radius 3 is 2.30 bits per heavy atom. The van der Waals surface area contributed by atoms with Gasteiger partial charge in [-0.1, -0.05) is 13.8 Å². The van der Waals surface area contributed by atoms with E-state index >= 15 is 0 Å². The number of aryl methyl sites for hydroxylation is 1. The smallest absolute Gasteiger partial charge is 0.274 e. The maximum absolute atomic E-state index is 14.1. The third kappa shape index (κ3) is 8.01. The first-order valence-corrected chi connectivity index (χ1v) is 25.1. The number of fused-ring (bicyclic) bond motifs is 4. The number of nitrogens with zero attached hydrogens (tertiary/aromatic N) is 9. The molecule has 18 nitrogen and oxygen atoms in total. The Morgan fingerprint density at radius 1 is 0.786 bits per heavy atom. The minimum absolute atomic E-state index is 0.0356.